The van der Waals surface area contributed by atoms with E-state index < -0.39 is 12.0 Å². The standard InChI is InChI=1S/C20H25N3O4/c1-6-27-20(26)16-11(2)17(23-12(16)3)18(24)13(4)22-15-9-7-14(8-10-15)19(25)21-5/h7-10,13,22-23H,6H2,1-5H3,(H,21,25)/t13-/m0/s1. The summed E-state index contributed by atoms with van der Waals surface area (Å²) in [6.45, 7) is 7.23. The molecule has 0 aliphatic heterocycles. The van der Waals surface area contributed by atoms with Crippen molar-refractivity contribution >= 4 is 23.3 Å². The van der Waals surface area contributed by atoms with Crippen molar-refractivity contribution in [1.29, 1.82) is 0 Å². The van der Waals surface area contributed by atoms with Gasteiger partial charge in [-0.3, -0.25) is 9.59 Å². The second-order valence-electron chi connectivity index (χ2n) is 6.23. The molecule has 0 fully saturated rings. The van der Waals surface area contributed by atoms with Crippen molar-refractivity contribution in [2.45, 2.75) is 33.7 Å². The van der Waals surface area contributed by atoms with Crippen LogP contribution in [0.3, 0.4) is 0 Å². The normalized spacial score (nSPS) is 11.6. The molecule has 1 amide bonds. The van der Waals surface area contributed by atoms with Crippen LogP contribution in [0.1, 0.15) is 56.3 Å². The van der Waals surface area contributed by atoms with Crippen LogP contribution in [-0.2, 0) is 4.74 Å². The molecule has 7 nitrogen and oxygen atoms in total. The molecule has 0 spiro atoms. The number of hydrogen-bond donors (Lipinski definition) is 3. The topological polar surface area (TPSA) is 100 Å². The predicted molar refractivity (Wildman–Crippen MR) is 103 cm³/mol. The first-order valence-corrected chi connectivity index (χ1v) is 8.79. The molecule has 0 saturated carbocycles. The van der Waals surface area contributed by atoms with Crippen molar-refractivity contribution in [1.82, 2.24) is 10.3 Å². The highest BCUT2D eigenvalue weighted by Gasteiger charge is 2.25. The number of benzene rings is 1. The van der Waals surface area contributed by atoms with Crippen LogP contribution in [0.2, 0.25) is 0 Å². The van der Waals surface area contributed by atoms with Crippen LogP contribution in [-0.4, -0.2) is 42.3 Å². The van der Waals surface area contributed by atoms with Crippen molar-refractivity contribution in [2.24, 2.45) is 0 Å². The van der Waals surface area contributed by atoms with Crippen LogP contribution >= 0.6 is 0 Å². The van der Waals surface area contributed by atoms with E-state index in [1.54, 1.807) is 59.0 Å². The van der Waals surface area contributed by atoms with Gasteiger partial charge in [0.25, 0.3) is 5.91 Å². The van der Waals surface area contributed by atoms with Gasteiger partial charge in [-0.2, -0.15) is 0 Å². The van der Waals surface area contributed by atoms with Gasteiger partial charge in [0.2, 0.25) is 5.78 Å². The third kappa shape index (κ3) is 4.36. The molecule has 0 bridgehead atoms. The average Bonchev–Trinajstić information content (AvgIpc) is 2.95. The maximum atomic E-state index is 12.8. The van der Waals surface area contributed by atoms with Gasteiger partial charge in [-0.15, -0.1) is 0 Å². The second kappa shape index (κ2) is 8.53. The van der Waals surface area contributed by atoms with Gasteiger partial charge in [0.05, 0.1) is 23.9 Å². The minimum atomic E-state index is -0.525. The molecule has 144 valence electrons. The number of hydrogen-bond acceptors (Lipinski definition) is 5. The van der Waals surface area contributed by atoms with Gasteiger partial charge in [0.1, 0.15) is 0 Å². The molecular formula is C20H25N3O4. The molecule has 0 unspecified atom stereocenters. The lowest BCUT2D eigenvalue weighted by atomic mass is 10.0. The van der Waals surface area contributed by atoms with Crippen LogP contribution in [0.4, 0.5) is 5.69 Å². The van der Waals surface area contributed by atoms with Gasteiger partial charge in [0, 0.05) is 24.0 Å². The fourth-order valence-electron chi connectivity index (χ4n) is 2.90. The summed E-state index contributed by atoms with van der Waals surface area (Å²) in [5.41, 5.74) is 3.24. The third-order valence-corrected chi connectivity index (χ3v) is 4.31. The number of ketones is 1. The average molecular weight is 371 g/mol. The number of nitrogens with one attached hydrogen (secondary N) is 3. The fraction of sp³-hybridized carbons (Fsp3) is 0.350. The SMILES string of the molecule is CCOC(=O)c1c(C)[nH]c(C(=O)[C@H](C)Nc2ccc(C(=O)NC)cc2)c1C. The lowest BCUT2D eigenvalue weighted by Gasteiger charge is -2.14. The maximum Gasteiger partial charge on any atom is 0.340 e. The van der Waals surface area contributed by atoms with E-state index in [2.05, 4.69) is 15.6 Å². The molecule has 0 aliphatic carbocycles. The number of aromatic nitrogens is 1. The lowest BCUT2D eigenvalue weighted by Crippen LogP contribution is -2.27. The monoisotopic (exact) mass is 371 g/mol. The van der Waals surface area contributed by atoms with Crippen LogP contribution in [0, 0.1) is 13.8 Å². The molecule has 1 heterocycles. The lowest BCUT2D eigenvalue weighted by molar-refractivity contribution is 0.0524. The molecule has 3 N–H and O–H groups in total. The van der Waals surface area contributed by atoms with Crippen LogP contribution in [0.5, 0.6) is 0 Å². The minimum absolute atomic E-state index is 0.165. The number of carbonyl (C=O) groups excluding carboxylic acids is 3. The van der Waals surface area contributed by atoms with E-state index in [4.69, 9.17) is 4.74 Å². The van der Waals surface area contributed by atoms with Crippen molar-refractivity contribution in [3.63, 3.8) is 0 Å². The molecule has 0 radical (unpaired) electrons. The van der Waals surface area contributed by atoms with Crippen molar-refractivity contribution in [2.75, 3.05) is 19.0 Å². The number of H-pyrrole nitrogens is 1. The minimum Gasteiger partial charge on any atom is -0.462 e. The Morgan fingerprint density at radius 3 is 2.33 bits per heavy atom. The summed E-state index contributed by atoms with van der Waals surface area (Å²) in [6.07, 6.45) is 0. The molecule has 0 saturated heterocycles. The summed E-state index contributed by atoms with van der Waals surface area (Å²) in [5, 5.41) is 5.67. The Morgan fingerprint density at radius 2 is 1.78 bits per heavy atom. The zero-order chi connectivity index (χ0) is 20.1. The summed E-state index contributed by atoms with van der Waals surface area (Å²) in [4.78, 5) is 39.5. The number of anilines is 1. The van der Waals surface area contributed by atoms with Gasteiger partial charge in [0.15, 0.2) is 0 Å². The molecule has 1 atom stereocenters. The van der Waals surface area contributed by atoms with Gasteiger partial charge in [-0.05, 0) is 57.5 Å². The van der Waals surface area contributed by atoms with Crippen molar-refractivity contribution in [3.8, 4) is 0 Å². The zero-order valence-electron chi connectivity index (χ0n) is 16.2. The number of Topliss-reactive ketones (excluding diaryl/α,β-unsaturated/α-hetero) is 1. The number of esters is 1. The number of aromatic amines is 1. The Morgan fingerprint density at radius 1 is 1.15 bits per heavy atom. The Balaban J connectivity index is 2.17. The van der Waals surface area contributed by atoms with E-state index in [1.165, 1.54) is 0 Å². The quantitative estimate of drug-likeness (QED) is 0.513. The Bertz CT molecular complexity index is 853. The van der Waals surface area contributed by atoms with Gasteiger partial charge in [-0.1, -0.05) is 0 Å². The molecule has 0 aliphatic rings. The van der Waals surface area contributed by atoms with Crippen molar-refractivity contribution in [3.05, 3.63) is 52.3 Å². The van der Waals surface area contributed by atoms with Gasteiger partial charge < -0.3 is 20.4 Å². The third-order valence-electron chi connectivity index (χ3n) is 4.31. The smallest absolute Gasteiger partial charge is 0.340 e. The zero-order valence-corrected chi connectivity index (χ0v) is 16.2. The molecule has 27 heavy (non-hydrogen) atoms. The first-order valence-electron chi connectivity index (χ1n) is 8.79. The first-order chi connectivity index (χ1) is 12.8. The van der Waals surface area contributed by atoms with E-state index >= 15 is 0 Å². The van der Waals surface area contributed by atoms with Gasteiger partial charge >= 0.3 is 5.97 Å². The van der Waals surface area contributed by atoms with Crippen molar-refractivity contribution < 1.29 is 19.1 Å². The van der Waals surface area contributed by atoms with Gasteiger partial charge in [-0.25, -0.2) is 4.79 Å². The highest BCUT2D eigenvalue weighted by atomic mass is 16.5. The van der Waals surface area contributed by atoms with E-state index in [9.17, 15) is 14.4 Å². The van der Waals surface area contributed by atoms with Crippen LogP contribution in [0.15, 0.2) is 24.3 Å². The highest BCUT2D eigenvalue weighted by Crippen LogP contribution is 2.21. The summed E-state index contributed by atoms with van der Waals surface area (Å²) in [7, 11) is 1.57. The highest BCUT2D eigenvalue weighted by molar-refractivity contribution is 6.04. The second-order valence-corrected chi connectivity index (χ2v) is 6.23. The molecule has 2 rings (SSSR count). The maximum absolute atomic E-state index is 12.8. The largest absolute Gasteiger partial charge is 0.462 e. The Labute approximate surface area is 158 Å². The first kappa shape index (κ1) is 20.2. The van der Waals surface area contributed by atoms with E-state index in [0.717, 1.165) is 5.69 Å². The molecule has 1 aromatic carbocycles. The number of carbonyl (C=O) groups is 3. The summed E-state index contributed by atoms with van der Waals surface area (Å²) < 4.78 is 5.06. The summed E-state index contributed by atoms with van der Waals surface area (Å²) >= 11 is 0. The number of aryl methyl sites for hydroxylation is 1. The van der Waals surface area contributed by atoms with E-state index in [0.29, 0.717) is 28.1 Å². The van der Waals surface area contributed by atoms with E-state index in [1.807, 2.05) is 0 Å². The fourth-order valence-corrected chi connectivity index (χ4v) is 2.90. The number of amides is 1. The summed E-state index contributed by atoms with van der Waals surface area (Å²) in [6, 6.07) is 6.32. The molecule has 2 aromatic rings. The van der Waals surface area contributed by atoms with E-state index in [-0.39, 0.29) is 18.3 Å². The van der Waals surface area contributed by atoms with Crippen LogP contribution < -0.4 is 10.6 Å². The summed E-state index contributed by atoms with van der Waals surface area (Å²) in [5.74, 6) is -0.774. The Hall–Kier alpha value is -3.09. The predicted octanol–water partition coefficient (Wildman–Crippen LogP) is 2.85. The Kier molecular flexibility index (Phi) is 6.39. The van der Waals surface area contributed by atoms with Crippen LogP contribution in [0.25, 0.3) is 0 Å². The number of ether oxygens (including phenoxy) is 1. The molecular weight excluding hydrogens is 346 g/mol. The number of rotatable bonds is 7. The molecule has 1 aromatic heterocycles. The molecule has 7 heteroatoms.